The smallest absolute Gasteiger partial charge is 0.255 e. The molecule has 0 aromatic carbocycles. The van der Waals surface area contributed by atoms with Gasteiger partial charge in [-0.3, -0.25) is 0 Å². The minimum atomic E-state index is -0.0339. The van der Waals surface area contributed by atoms with Crippen molar-refractivity contribution in [1.29, 1.82) is 0 Å². The Kier molecular flexibility index (Phi) is 2.84. The van der Waals surface area contributed by atoms with E-state index in [-0.39, 0.29) is 12.2 Å². The van der Waals surface area contributed by atoms with Crippen LogP contribution in [0.15, 0.2) is 4.52 Å². The molecule has 3 fully saturated rings. The number of rotatable bonds is 3. The highest BCUT2D eigenvalue weighted by Gasteiger charge is 2.43. The van der Waals surface area contributed by atoms with Crippen molar-refractivity contribution >= 4 is 0 Å². The van der Waals surface area contributed by atoms with Gasteiger partial charge < -0.3 is 15.0 Å². The first kappa shape index (κ1) is 11.9. The molecule has 0 amide bonds. The lowest BCUT2D eigenvalue weighted by molar-refractivity contribution is 0.0307. The van der Waals surface area contributed by atoms with Crippen molar-refractivity contribution in [2.75, 3.05) is 6.54 Å². The number of aromatic nitrogens is 2. The van der Waals surface area contributed by atoms with E-state index in [4.69, 9.17) is 15.0 Å². The van der Waals surface area contributed by atoms with Crippen LogP contribution in [0.3, 0.4) is 0 Å². The second-order valence-corrected chi connectivity index (χ2v) is 6.33. The van der Waals surface area contributed by atoms with Gasteiger partial charge in [-0.2, -0.15) is 4.98 Å². The summed E-state index contributed by atoms with van der Waals surface area (Å²) in [5, 5.41) is 4.22. The van der Waals surface area contributed by atoms with Crippen molar-refractivity contribution in [3.63, 3.8) is 0 Å². The SMILES string of the molecule is NCC1CCC(c2nc(C3CC4CCC3C4)no2)O1. The zero-order valence-electron chi connectivity index (χ0n) is 11.1. The van der Waals surface area contributed by atoms with Crippen molar-refractivity contribution in [2.24, 2.45) is 17.6 Å². The topological polar surface area (TPSA) is 74.2 Å². The van der Waals surface area contributed by atoms with E-state index in [0.29, 0.717) is 18.4 Å². The van der Waals surface area contributed by atoms with Crippen LogP contribution in [0, 0.1) is 11.8 Å². The molecule has 1 aromatic rings. The van der Waals surface area contributed by atoms with E-state index in [9.17, 15) is 0 Å². The first-order valence-corrected chi connectivity index (χ1v) is 7.52. The summed E-state index contributed by atoms with van der Waals surface area (Å²) in [5.41, 5.74) is 5.63. The fourth-order valence-corrected chi connectivity index (χ4v) is 4.15. The van der Waals surface area contributed by atoms with Gasteiger partial charge in [0.25, 0.3) is 5.89 Å². The van der Waals surface area contributed by atoms with Crippen molar-refractivity contribution in [2.45, 2.75) is 56.7 Å². The second kappa shape index (κ2) is 4.56. The van der Waals surface area contributed by atoms with Gasteiger partial charge in [-0.25, -0.2) is 0 Å². The van der Waals surface area contributed by atoms with Crippen LogP contribution < -0.4 is 5.73 Å². The predicted octanol–water partition coefficient (Wildman–Crippen LogP) is 2.15. The highest BCUT2D eigenvalue weighted by molar-refractivity contribution is 5.07. The summed E-state index contributed by atoms with van der Waals surface area (Å²) in [6.07, 6.45) is 7.41. The number of fused-ring (bicyclic) bond motifs is 2. The highest BCUT2D eigenvalue weighted by Crippen LogP contribution is 2.52. The molecule has 2 bridgehead atoms. The molecule has 2 saturated carbocycles. The molecule has 1 aliphatic heterocycles. The van der Waals surface area contributed by atoms with Crippen LogP contribution in [0.1, 0.15) is 62.3 Å². The molecule has 2 aliphatic carbocycles. The summed E-state index contributed by atoms with van der Waals surface area (Å²) in [6, 6.07) is 0. The molecule has 0 spiro atoms. The first-order valence-electron chi connectivity index (χ1n) is 7.52. The van der Waals surface area contributed by atoms with E-state index in [0.717, 1.165) is 30.5 Å². The molecule has 1 saturated heterocycles. The summed E-state index contributed by atoms with van der Waals surface area (Å²) in [7, 11) is 0. The van der Waals surface area contributed by atoms with Crippen molar-refractivity contribution in [3.8, 4) is 0 Å². The zero-order valence-corrected chi connectivity index (χ0v) is 11.1. The maximum absolute atomic E-state index is 5.81. The normalized spacial score (nSPS) is 41.2. The van der Waals surface area contributed by atoms with E-state index >= 15 is 0 Å². The quantitative estimate of drug-likeness (QED) is 0.904. The molecule has 5 atom stereocenters. The molecule has 0 radical (unpaired) electrons. The Morgan fingerprint density at radius 2 is 2.11 bits per heavy atom. The number of nitrogens with zero attached hydrogens (tertiary/aromatic N) is 2. The van der Waals surface area contributed by atoms with Gasteiger partial charge in [0.1, 0.15) is 6.10 Å². The van der Waals surface area contributed by atoms with Gasteiger partial charge >= 0.3 is 0 Å². The largest absolute Gasteiger partial charge is 0.364 e. The number of nitrogens with two attached hydrogens (primary N) is 1. The lowest BCUT2D eigenvalue weighted by atomic mass is 9.88. The molecular weight excluding hydrogens is 242 g/mol. The lowest BCUT2D eigenvalue weighted by Gasteiger charge is -2.17. The second-order valence-electron chi connectivity index (χ2n) is 6.33. The highest BCUT2D eigenvalue weighted by atomic mass is 16.5. The van der Waals surface area contributed by atoms with Crippen LogP contribution in [-0.4, -0.2) is 22.8 Å². The van der Waals surface area contributed by atoms with Crippen molar-refractivity contribution in [3.05, 3.63) is 11.7 Å². The third-order valence-electron chi connectivity index (χ3n) is 5.17. The molecule has 5 heteroatoms. The summed E-state index contributed by atoms with van der Waals surface area (Å²) >= 11 is 0. The van der Waals surface area contributed by atoms with E-state index in [1.807, 2.05) is 0 Å². The van der Waals surface area contributed by atoms with Crippen molar-refractivity contribution < 1.29 is 9.26 Å². The Labute approximate surface area is 112 Å². The summed E-state index contributed by atoms with van der Waals surface area (Å²) in [5.74, 6) is 3.80. The Bertz CT molecular complexity index is 461. The van der Waals surface area contributed by atoms with Gasteiger partial charge in [0.15, 0.2) is 5.82 Å². The van der Waals surface area contributed by atoms with E-state index in [2.05, 4.69) is 10.1 Å². The number of ether oxygens (including phenoxy) is 1. The molecule has 4 rings (SSSR count). The molecule has 104 valence electrons. The third-order valence-corrected chi connectivity index (χ3v) is 5.17. The fraction of sp³-hybridized carbons (Fsp3) is 0.857. The predicted molar refractivity (Wildman–Crippen MR) is 68.4 cm³/mol. The Hall–Kier alpha value is -0.940. The van der Waals surface area contributed by atoms with Crippen LogP contribution in [0.4, 0.5) is 0 Å². The average molecular weight is 263 g/mol. The maximum Gasteiger partial charge on any atom is 0.255 e. The van der Waals surface area contributed by atoms with Gasteiger partial charge in [-0.15, -0.1) is 0 Å². The van der Waals surface area contributed by atoms with E-state index in [1.54, 1.807) is 0 Å². The van der Waals surface area contributed by atoms with E-state index in [1.165, 1.54) is 25.7 Å². The van der Waals surface area contributed by atoms with Crippen LogP contribution in [0.5, 0.6) is 0 Å². The maximum atomic E-state index is 5.81. The van der Waals surface area contributed by atoms with Gasteiger partial charge in [-0.05, 0) is 43.9 Å². The van der Waals surface area contributed by atoms with Gasteiger partial charge in [0.2, 0.25) is 0 Å². The monoisotopic (exact) mass is 263 g/mol. The molecule has 1 aromatic heterocycles. The van der Waals surface area contributed by atoms with E-state index < -0.39 is 0 Å². The van der Waals surface area contributed by atoms with Crippen LogP contribution >= 0.6 is 0 Å². The van der Waals surface area contributed by atoms with Gasteiger partial charge in [-0.1, -0.05) is 11.6 Å². The van der Waals surface area contributed by atoms with Crippen LogP contribution in [0.25, 0.3) is 0 Å². The Morgan fingerprint density at radius 1 is 1.16 bits per heavy atom. The summed E-state index contributed by atoms with van der Waals surface area (Å²) < 4.78 is 11.2. The zero-order chi connectivity index (χ0) is 12.8. The lowest BCUT2D eigenvalue weighted by Crippen LogP contribution is -2.18. The van der Waals surface area contributed by atoms with Crippen molar-refractivity contribution in [1.82, 2.24) is 10.1 Å². The molecule has 19 heavy (non-hydrogen) atoms. The first-order chi connectivity index (χ1) is 9.33. The average Bonchev–Trinajstić information content (AvgIpc) is 3.19. The molecule has 5 unspecified atom stereocenters. The van der Waals surface area contributed by atoms with Crippen LogP contribution in [0.2, 0.25) is 0 Å². The summed E-state index contributed by atoms with van der Waals surface area (Å²) in [6.45, 7) is 0.573. The molecular formula is C14H21N3O2. The minimum Gasteiger partial charge on any atom is -0.364 e. The molecule has 2 heterocycles. The molecule has 3 aliphatic rings. The summed E-state index contributed by atoms with van der Waals surface area (Å²) in [4.78, 5) is 4.62. The third kappa shape index (κ3) is 1.99. The van der Waals surface area contributed by atoms with Gasteiger partial charge in [0.05, 0.1) is 6.10 Å². The molecule has 2 N–H and O–H groups in total. The molecule has 5 nitrogen and oxygen atoms in total. The van der Waals surface area contributed by atoms with Crippen LogP contribution in [-0.2, 0) is 4.74 Å². The standard InChI is InChI=1S/C14H21N3O2/c15-7-10-3-4-12(18-10)14-16-13(17-19-14)11-6-8-1-2-9(11)5-8/h8-12H,1-7,15H2. The Morgan fingerprint density at radius 3 is 2.79 bits per heavy atom. The number of hydrogen-bond donors (Lipinski definition) is 1. The fourth-order valence-electron chi connectivity index (χ4n) is 4.15. The minimum absolute atomic E-state index is 0.0339. The number of hydrogen-bond acceptors (Lipinski definition) is 5. The van der Waals surface area contributed by atoms with Gasteiger partial charge in [0, 0.05) is 12.5 Å². The Balaban J connectivity index is 1.48.